The van der Waals surface area contributed by atoms with Crippen molar-refractivity contribution in [3.8, 4) is 11.5 Å². The Kier molecular flexibility index (Phi) is 3.29. The number of nitrogens with one attached hydrogen (secondary N) is 1. The van der Waals surface area contributed by atoms with Gasteiger partial charge >= 0.3 is 5.76 Å². The van der Waals surface area contributed by atoms with Gasteiger partial charge in [0.15, 0.2) is 17.1 Å². The largest absolute Gasteiger partial charge is 0.454 e. The highest BCUT2D eigenvalue weighted by Crippen LogP contribution is 2.35. The van der Waals surface area contributed by atoms with Crippen LogP contribution in [0, 0.1) is 6.92 Å². The first-order valence-electron chi connectivity index (χ1n) is 7.38. The minimum absolute atomic E-state index is 0.0640. The Morgan fingerprint density at radius 3 is 2.68 bits per heavy atom. The molecule has 130 valence electrons. The van der Waals surface area contributed by atoms with Crippen molar-refractivity contribution in [3.63, 3.8) is 0 Å². The third-order valence-electron chi connectivity index (χ3n) is 4.00. The Morgan fingerprint density at radius 2 is 1.88 bits per heavy atom. The van der Waals surface area contributed by atoms with Gasteiger partial charge in [0.25, 0.3) is 10.0 Å². The van der Waals surface area contributed by atoms with Crippen LogP contribution in [0.5, 0.6) is 11.5 Å². The Balaban J connectivity index is 1.77. The van der Waals surface area contributed by atoms with Crippen LogP contribution >= 0.6 is 0 Å². The minimum Gasteiger partial charge on any atom is -0.454 e. The molecule has 1 aliphatic rings. The van der Waals surface area contributed by atoms with E-state index in [9.17, 15) is 13.2 Å². The molecule has 1 aromatic heterocycles. The van der Waals surface area contributed by atoms with Crippen molar-refractivity contribution in [2.45, 2.75) is 11.8 Å². The Hall–Kier alpha value is -2.94. The summed E-state index contributed by atoms with van der Waals surface area (Å²) >= 11 is 0. The lowest BCUT2D eigenvalue weighted by Gasteiger charge is -2.11. The third kappa shape index (κ3) is 2.52. The van der Waals surface area contributed by atoms with E-state index in [4.69, 9.17) is 13.9 Å². The summed E-state index contributed by atoms with van der Waals surface area (Å²) in [5.74, 6) is 0.492. The molecule has 0 amide bonds. The molecule has 9 heteroatoms. The molecule has 3 aromatic rings. The number of hydrogen-bond donors (Lipinski definition) is 1. The first-order chi connectivity index (χ1) is 11.8. The summed E-state index contributed by atoms with van der Waals surface area (Å²) in [4.78, 5) is 11.7. The van der Waals surface area contributed by atoms with Gasteiger partial charge in [0, 0.05) is 13.1 Å². The summed E-state index contributed by atoms with van der Waals surface area (Å²) in [5, 5.41) is 0. The Morgan fingerprint density at radius 1 is 1.12 bits per heavy atom. The fraction of sp³-hybridized carbons (Fsp3) is 0.188. The summed E-state index contributed by atoms with van der Waals surface area (Å²) in [6, 6.07) is 7.74. The molecule has 0 saturated heterocycles. The third-order valence-corrected chi connectivity index (χ3v) is 5.53. The summed E-state index contributed by atoms with van der Waals surface area (Å²) in [6.07, 6.45) is 0. The summed E-state index contributed by atoms with van der Waals surface area (Å²) in [5.41, 5.74) is 1.56. The van der Waals surface area contributed by atoms with Crippen LogP contribution in [0.25, 0.3) is 11.1 Å². The number of aryl methyl sites for hydroxylation is 2. The van der Waals surface area contributed by atoms with Gasteiger partial charge in [-0.25, -0.2) is 13.2 Å². The van der Waals surface area contributed by atoms with Crippen LogP contribution in [0.4, 0.5) is 5.69 Å². The van der Waals surface area contributed by atoms with E-state index in [1.54, 1.807) is 25.1 Å². The van der Waals surface area contributed by atoms with Crippen LogP contribution in [0.3, 0.4) is 0 Å². The number of sulfonamides is 1. The number of ether oxygens (including phenoxy) is 2. The normalized spacial score (nSPS) is 13.4. The zero-order valence-corrected chi connectivity index (χ0v) is 14.2. The number of fused-ring (bicyclic) bond motifs is 2. The Bertz CT molecular complexity index is 1160. The maximum absolute atomic E-state index is 12.8. The number of aromatic nitrogens is 1. The molecule has 0 radical (unpaired) electrons. The highest BCUT2D eigenvalue weighted by molar-refractivity contribution is 7.92. The molecule has 0 aliphatic carbocycles. The first-order valence-corrected chi connectivity index (χ1v) is 8.86. The zero-order chi connectivity index (χ0) is 17.8. The summed E-state index contributed by atoms with van der Waals surface area (Å²) in [7, 11) is -2.34. The summed E-state index contributed by atoms with van der Waals surface area (Å²) in [6.45, 7) is 1.75. The lowest BCUT2D eigenvalue weighted by molar-refractivity contribution is 0.174. The van der Waals surface area contributed by atoms with Gasteiger partial charge in [-0.3, -0.25) is 9.29 Å². The lowest BCUT2D eigenvalue weighted by Crippen LogP contribution is -2.14. The van der Waals surface area contributed by atoms with E-state index in [1.807, 2.05) is 0 Å². The number of rotatable bonds is 3. The number of anilines is 1. The highest BCUT2D eigenvalue weighted by Gasteiger charge is 2.21. The second-order valence-corrected chi connectivity index (χ2v) is 7.34. The molecule has 0 spiro atoms. The molecule has 1 N–H and O–H groups in total. The van der Waals surface area contributed by atoms with E-state index in [-0.39, 0.29) is 11.7 Å². The quantitative estimate of drug-likeness (QED) is 0.765. The van der Waals surface area contributed by atoms with Crippen molar-refractivity contribution in [2.75, 3.05) is 11.5 Å². The molecule has 0 atom stereocenters. The predicted molar refractivity (Wildman–Crippen MR) is 89.6 cm³/mol. The highest BCUT2D eigenvalue weighted by atomic mass is 32.2. The van der Waals surface area contributed by atoms with Gasteiger partial charge in [-0.2, -0.15) is 0 Å². The van der Waals surface area contributed by atoms with E-state index in [2.05, 4.69) is 4.72 Å². The van der Waals surface area contributed by atoms with Crippen molar-refractivity contribution in [1.82, 2.24) is 4.57 Å². The standard InChI is InChI=1S/C16H14N2O6S/c1-9-5-13-11(18(2)16(19)24-13)7-15(9)25(20,21)17-10-3-4-12-14(6-10)23-8-22-12/h3-7,17H,8H2,1-2H3. The topological polar surface area (TPSA) is 99.8 Å². The molecule has 4 rings (SSSR count). The van der Waals surface area contributed by atoms with Crippen LogP contribution in [-0.4, -0.2) is 19.8 Å². The lowest BCUT2D eigenvalue weighted by atomic mass is 10.2. The van der Waals surface area contributed by atoms with Gasteiger partial charge in [0.2, 0.25) is 6.79 Å². The maximum atomic E-state index is 12.8. The van der Waals surface area contributed by atoms with E-state index < -0.39 is 15.8 Å². The van der Waals surface area contributed by atoms with E-state index in [0.717, 1.165) is 0 Å². The monoisotopic (exact) mass is 362 g/mol. The second-order valence-electron chi connectivity index (χ2n) is 5.69. The van der Waals surface area contributed by atoms with Crippen LogP contribution in [0.15, 0.2) is 44.4 Å². The van der Waals surface area contributed by atoms with E-state index in [1.165, 1.54) is 23.7 Å². The smallest absolute Gasteiger partial charge is 0.419 e. The predicted octanol–water partition coefficient (Wildman–Crippen LogP) is 1.97. The van der Waals surface area contributed by atoms with Gasteiger partial charge in [-0.05, 0) is 36.8 Å². The second kappa shape index (κ2) is 5.28. The van der Waals surface area contributed by atoms with Crippen LogP contribution in [0.2, 0.25) is 0 Å². The number of oxazole rings is 1. The molecular formula is C16H14N2O6S. The fourth-order valence-electron chi connectivity index (χ4n) is 2.72. The average molecular weight is 362 g/mol. The molecule has 0 fully saturated rings. The molecular weight excluding hydrogens is 348 g/mol. The van der Waals surface area contributed by atoms with E-state index >= 15 is 0 Å². The zero-order valence-electron chi connectivity index (χ0n) is 13.4. The molecule has 25 heavy (non-hydrogen) atoms. The molecule has 1 aliphatic heterocycles. The molecule has 0 saturated carbocycles. The van der Waals surface area contributed by atoms with Gasteiger partial charge in [-0.15, -0.1) is 0 Å². The number of hydrogen-bond acceptors (Lipinski definition) is 6. The van der Waals surface area contributed by atoms with Gasteiger partial charge in [0.1, 0.15) is 0 Å². The minimum atomic E-state index is -3.86. The SMILES string of the molecule is Cc1cc2oc(=O)n(C)c2cc1S(=O)(=O)Nc1ccc2c(c1)OCO2. The van der Waals surface area contributed by atoms with Crippen LogP contribution < -0.4 is 20.0 Å². The van der Waals surface area contributed by atoms with Crippen LogP contribution in [0.1, 0.15) is 5.56 Å². The van der Waals surface area contributed by atoms with E-state index in [0.29, 0.717) is 33.8 Å². The van der Waals surface area contributed by atoms with Crippen LogP contribution in [-0.2, 0) is 17.1 Å². The molecule has 0 bridgehead atoms. The van der Waals surface area contributed by atoms with Crippen molar-refractivity contribution in [1.29, 1.82) is 0 Å². The number of nitrogens with zero attached hydrogens (tertiary/aromatic N) is 1. The van der Waals surface area contributed by atoms with Gasteiger partial charge in [0.05, 0.1) is 16.1 Å². The van der Waals surface area contributed by atoms with Gasteiger partial charge < -0.3 is 13.9 Å². The van der Waals surface area contributed by atoms with Crippen molar-refractivity contribution in [3.05, 3.63) is 46.4 Å². The van der Waals surface area contributed by atoms with Crippen molar-refractivity contribution >= 4 is 26.8 Å². The first kappa shape index (κ1) is 15.6. The maximum Gasteiger partial charge on any atom is 0.419 e. The molecule has 2 heterocycles. The van der Waals surface area contributed by atoms with Crippen molar-refractivity contribution in [2.24, 2.45) is 7.05 Å². The summed E-state index contributed by atoms with van der Waals surface area (Å²) < 4.78 is 44.9. The Labute approximate surface area is 142 Å². The molecule has 2 aromatic carbocycles. The average Bonchev–Trinajstić information content (AvgIpc) is 3.11. The molecule has 0 unspecified atom stereocenters. The fourth-order valence-corrected chi connectivity index (χ4v) is 4.01. The van der Waals surface area contributed by atoms with Gasteiger partial charge in [-0.1, -0.05) is 0 Å². The molecule has 8 nitrogen and oxygen atoms in total. The van der Waals surface area contributed by atoms with Crippen molar-refractivity contribution < 1.29 is 22.3 Å². The number of benzene rings is 2.